The van der Waals surface area contributed by atoms with Crippen molar-refractivity contribution in [2.75, 3.05) is 0 Å². The van der Waals surface area contributed by atoms with Crippen molar-refractivity contribution in [2.24, 2.45) is 0 Å². The maximum absolute atomic E-state index is 13.7. The molecular formula is C14H9Cl3F2O. The number of hydrogen-bond donors (Lipinski definition) is 0. The molecule has 0 saturated carbocycles. The molecule has 0 fully saturated rings. The van der Waals surface area contributed by atoms with E-state index in [1.807, 2.05) is 0 Å². The van der Waals surface area contributed by atoms with Gasteiger partial charge in [0.05, 0.1) is 0 Å². The van der Waals surface area contributed by atoms with E-state index in [1.165, 1.54) is 0 Å². The van der Waals surface area contributed by atoms with Crippen molar-refractivity contribution >= 4 is 34.8 Å². The maximum atomic E-state index is 13.7. The molecule has 0 unspecified atom stereocenters. The largest absolute Gasteiger partial charge is 0.483 e. The van der Waals surface area contributed by atoms with Gasteiger partial charge in [0.15, 0.2) is 17.4 Å². The summed E-state index contributed by atoms with van der Waals surface area (Å²) < 4.78 is 32.5. The van der Waals surface area contributed by atoms with E-state index in [9.17, 15) is 8.78 Å². The van der Waals surface area contributed by atoms with Crippen molar-refractivity contribution in [2.45, 2.75) is 12.5 Å². The summed E-state index contributed by atoms with van der Waals surface area (Å²) in [5.74, 6) is -2.05. The molecule has 0 bridgehead atoms. The zero-order chi connectivity index (χ0) is 14.7. The third-order valence-electron chi connectivity index (χ3n) is 2.59. The van der Waals surface area contributed by atoms with Gasteiger partial charge in [-0.1, -0.05) is 23.2 Å². The second-order valence-electron chi connectivity index (χ2n) is 4.05. The summed E-state index contributed by atoms with van der Waals surface area (Å²) in [7, 11) is 0. The van der Waals surface area contributed by atoms with E-state index < -0.39 is 17.4 Å². The van der Waals surface area contributed by atoms with Crippen LogP contribution in [0, 0.1) is 11.6 Å². The standard InChI is InChI=1S/C14H9Cl3F2O/c15-6-8-3-12(18)14(13(19)4-8)20-7-9-5-10(16)1-2-11(9)17/h1-5H,6-7H2. The normalized spacial score (nSPS) is 10.7. The summed E-state index contributed by atoms with van der Waals surface area (Å²) in [5, 5.41) is 0.874. The Morgan fingerprint density at radius 3 is 2.25 bits per heavy atom. The fraction of sp³-hybridized carbons (Fsp3) is 0.143. The second kappa shape index (κ2) is 6.61. The molecule has 0 aliphatic rings. The molecule has 2 aromatic carbocycles. The SMILES string of the molecule is Fc1cc(CCl)cc(F)c1OCc1cc(Cl)ccc1Cl. The van der Waals surface area contributed by atoms with Crippen molar-refractivity contribution in [1.82, 2.24) is 0 Å². The highest BCUT2D eigenvalue weighted by Crippen LogP contribution is 2.27. The third kappa shape index (κ3) is 3.54. The topological polar surface area (TPSA) is 9.23 Å². The minimum absolute atomic E-state index is 0.0221. The number of ether oxygens (including phenoxy) is 1. The summed E-state index contributed by atoms with van der Waals surface area (Å²) >= 11 is 17.3. The van der Waals surface area contributed by atoms with Crippen LogP contribution in [0.25, 0.3) is 0 Å². The predicted octanol–water partition coefficient (Wildman–Crippen LogP) is 5.59. The van der Waals surface area contributed by atoms with E-state index >= 15 is 0 Å². The number of alkyl halides is 1. The van der Waals surface area contributed by atoms with Crippen LogP contribution < -0.4 is 4.74 Å². The van der Waals surface area contributed by atoms with Gasteiger partial charge in [-0.2, -0.15) is 0 Å². The Morgan fingerprint density at radius 1 is 1.00 bits per heavy atom. The van der Waals surface area contributed by atoms with Gasteiger partial charge in [0.2, 0.25) is 0 Å². The molecule has 0 heterocycles. The van der Waals surface area contributed by atoms with Crippen LogP contribution >= 0.6 is 34.8 Å². The van der Waals surface area contributed by atoms with Gasteiger partial charge in [-0.05, 0) is 35.9 Å². The van der Waals surface area contributed by atoms with Crippen LogP contribution in [0.15, 0.2) is 30.3 Å². The first-order chi connectivity index (χ1) is 9.51. The van der Waals surface area contributed by atoms with Gasteiger partial charge in [0.25, 0.3) is 0 Å². The van der Waals surface area contributed by atoms with Crippen LogP contribution in [-0.4, -0.2) is 0 Å². The molecule has 2 aromatic rings. The maximum Gasteiger partial charge on any atom is 0.191 e. The van der Waals surface area contributed by atoms with E-state index in [1.54, 1.807) is 18.2 Å². The van der Waals surface area contributed by atoms with Crippen LogP contribution in [0.2, 0.25) is 10.0 Å². The molecule has 106 valence electrons. The summed E-state index contributed by atoms with van der Waals surface area (Å²) in [6.45, 7) is -0.0898. The third-order valence-corrected chi connectivity index (χ3v) is 3.50. The van der Waals surface area contributed by atoms with E-state index in [0.717, 1.165) is 12.1 Å². The van der Waals surface area contributed by atoms with Crippen LogP contribution in [-0.2, 0) is 12.5 Å². The molecule has 2 rings (SSSR count). The molecule has 0 N–H and O–H groups in total. The Bertz CT molecular complexity index is 609. The molecule has 0 radical (unpaired) electrons. The molecule has 0 amide bonds. The van der Waals surface area contributed by atoms with Crippen LogP contribution in [0.5, 0.6) is 5.75 Å². The molecule has 0 aliphatic heterocycles. The lowest BCUT2D eigenvalue weighted by atomic mass is 10.2. The quantitative estimate of drug-likeness (QED) is 0.661. The molecule has 0 atom stereocenters. The van der Waals surface area contributed by atoms with E-state index in [0.29, 0.717) is 21.2 Å². The van der Waals surface area contributed by atoms with Crippen molar-refractivity contribution in [3.05, 3.63) is 63.1 Å². The fourth-order valence-electron chi connectivity index (χ4n) is 1.63. The first kappa shape index (κ1) is 15.4. The van der Waals surface area contributed by atoms with Crippen LogP contribution in [0.3, 0.4) is 0 Å². The summed E-state index contributed by atoms with van der Waals surface area (Å²) in [6.07, 6.45) is 0. The highest BCUT2D eigenvalue weighted by molar-refractivity contribution is 6.33. The minimum Gasteiger partial charge on any atom is -0.483 e. The van der Waals surface area contributed by atoms with Crippen LogP contribution in [0.1, 0.15) is 11.1 Å². The molecule has 0 aromatic heterocycles. The lowest BCUT2D eigenvalue weighted by molar-refractivity contribution is 0.274. The molecular weight excluding hydrogens is 329 g/mol. The highest BCUT2D eigenvalue weighted by atomic mass is 35.5. The Balaban J connectivity index is 2.21. The monoisotopic (exact) mass is 336 g/mol. The van der Waals surface area contributed by atoms with Gasteiger partial charge in [0.1, 0.15) is 6.61 Å². The van der Waals surface area contributed by atoms with Gasteiger partial charge in [-0.3, -0.25) is 0 Å². The van der Waals surface area contributed by atoms with Crippen molar-refractivity contribution in [3.63, 3.8) is 0 Å². The zero-order valence-corrected chi connectivity index (χ0v) is 12.4. The second-order valence-corrected chi connectivity index (χ2v) is 5.16. The Hall–Kier alpha value is -1.03. The van der Waals surface area contributed by atoms with E-state index in [-0.39, 0.29) is 12.5 Å². The number of rotatable bonds is 4. The van der Waals surface area contributed by atoms with Gasteiger partial charge in [0, 0.05) is 21.5 Å². The predicted molar refractivity (Wildman–Crippen MR) is 76.7 cm³/mol. The Kier molecular flexibility index (Phi) is 5.08. The average molecular weight is 338 g/mol. The first-order valence-corrected chi connectivity index (χ1v) is 6.91. The lowest BCUT2D eigenvalue weighted by Crippen LogP contribution is -2.01. The summed E-state index contributed by atoms with van der Waals surface area (Å²) in [5.41, 5.74) is 0.884. The minimum atomic E-state index is -0.807. The summed E-state index contributed by atoms with van der Waals surface area (Å²) in [6, 6.07) is 7.04. The van der Waals surface area contributed by atoms with E-state index in [2.05, 4.69) is 0 Å². The van der Waals surface area contributed by atoms with Gasteiger partial charge in [-0.25, -0.2) is 8.78 Å². The van der Waals surface area contributed by atoms with Gasteiger partial charge >= 0.3 is 0 Å². The number of benzene rings is 2. The van der Waals surface area contributed by atoms with E-state index in [4.69, 9.17) is 39.5 Å². The Morgan fingerprint density at radius 2 is 1.65 bits per heavy atom. The molecule has 0 aliphatic carbocycles. The number of hydrogen-bond acceptors (Lipinski definition) is 1. The van der Waals surface area contributed by atoms with Crippen molar-refractivity contribution in [1.29, 1.82) is 0 Å². The molecule has 0 saturated heterocycles. The van der Waals surface area contributed by atoms with Crippen molar-refractivity contribution < 1.29 is 13.5 Å². The molecule has 1 nitrogen and oxygen atoms in total. The van der Waals surface area contributed by atoms with Gasteiger partial charge in [-0.15, -0.1) is 11.6 Å². The fourth-order valence-corrected chi connectivity index (χ4v) is 2.15. The van der Waals surface area contributed by atoms with Crippen molar-refractivity contribution in [3.8, 4) is 5.75 Å². The van der Waals surface area contributed by atoms with Gasteiger partial charge < -0.3 is 4.74 Å². The zero-order valence-electron chi connectivity index (χ0n) is 10.1. The summed E-state index contributed by atoms with van der Waals surface area (Å²) in [4.78, 5) is 0. The number of halogens is 5. The Labute approximate surface area is 130 Å². The highest BCUT2D eigenvalue weighted by Gasteiger charge is 2.13. The molecule has 0 spiro atoms. The molecule has 6 heteroatoms. The average Bonchev–Trinajstić information content (AvgIpc) is 2.41. The molecule has 20 heavy (non-hydrogen) atoms. The smallest absolute Gasteiger partial charge is 0.191 e. The first-order valence-electron chi connectivity index (χ1n) is 5.62. The lowest BCUT2D eigenvalue weighted by Gasteiger charge is -2.10. The van der Waals surface area contributed by atoms with Crippen LogP contribution in [0.4, 0.5) is 8.78 Å².